The van der Waals surface area contributed by atoms with Gasteiger partial charge in [0.05, 0.1) is 0 Å². The molecule has 31 heavy (non-hydrogen) atoms. The van der Waals surface area contributed by atoms with Gasteiger partial charge in [-0.3, -0.25) is 9.59 Å². The minimum Gasteiger partial charge on any atom is -0.351 e. The van der Waals surface area contributed by atoms with Crippen LogP contribution < -0.4 is 5.32 Å². The molecule has 2 aromatic rings. The number of alkyl halides is 1. The molecular formula is C25H30Cl2N2O2. The molecule has 1 fully saturated rings. The molecule has 0 bridgehead atoms. The molecule has 1 aliphatic rings. The van der Waals surface area contributed by atoms with Crippen LogP contribution in [0.3, 0.4) is 0 Å². The molecule has 3 rings (SSSR count). The van der Waals surface area contributed by atoms with Crippen molar-refractivity contribution in [3.05, 3.63) is 70.2 Å². The van der Waals surface area contributed by atoms with Crippen LogP contribution in [0.2, 0.25) is 5.02 Å². The number of halogens is 2. The van der Waals surface area contributed by atoms with E-state index < -0.39 is 6.04 Å². The second kappa shape index (κ2) is 11.5. The molecule has 0 unspecified atom stereocenters. The van der Waals surface area contributed by atoms with Crippen molar-refractivity contribution in [2.45, 2.75) is 57.5 Å². The first-order valence-corrected chi connectivity index (χ1v) is 11.9. The number of nitrogens with zero attached hydrogens (tertiary/aromatic N) is 1. The number of carbonyl (C=O) groups is 2. The predicted molar refractivity (Wildman–Crippen MR) is 127 cm³/mol. The SMILES string of the molecule is Cc1ccccc1[C@@H](C(=O)NC1CCCCC1)N(CCc1ccc(Cl)cc1)C(=O)CCl. The second-order valence-electron chi connectivity index (χ2n) is 8.20. The zero-order chi connectivity index (χ0) is 22.2. The zero-order valence-corrected chi connectivity index (χ0v) is 19.5. The van der Waals surface area contributed by atoms with Crippen LogP contribution in [0.5, 0.6) is 0 Å². The quantitative estimate of drug-likeness (QED) is 0.532. The molecule has 1 atom stereocenters. The molecule has 0 saturated heterocycles. The first-order valence-electron chi connectivity index (χ1n) is 11.0. The van der Waals surface area contributed by atoms with Crippen LogP contribution in [-0.2, 0) is 16.0 Å². The van der Waals surface area contributed by atoms with Gasteiger partial charge in [0.25, 0.3) is 0 Å². The van der Waals surface area contributed by atoms with Gasteiger partial charge in [-0.15, -0.1) is 11.6 Å². The van der Waals surface area contributed by atoms with Gasteiger partial charge in [0, 0.05) is 17.6 Å². The maximum absolute atomic E-state index is 13.5. The lowest BCUT2D eigenvalue weighted by molar-refractivity contribution is -0.139. The number of aryl methyl sites for hydroxylation is 1. The summed E-state index contributed by atoms with van der Waals surface area (Å²) in [7, 11) is 0. The molecule has 2 amide bonds. The number of nitrogens with one attached hydrogen (secondary N) is 1. The molecule has 0 spiro atoms. The third-order valence-corrected chi connectivity index (χ3v) is 6.46. The second-order valence-corrected chi connectivity index (χ2v) is 8.90. The number of benzene rings is 2. The predicted octanol–water partition coefficient (Wildman–Crippen LogP) is 5.45. The Morgan fingerprint density at radius 1 is 1.06 bits per heavy atom. The topological polar surface area (TPSA) is 49.4 Å². The van der Waals surface area contributed by atoms with E-state index in [1.165, 1.54) is 6.42 Å². The summed E-state index contributed by atoms with van der Waals surface area (Å²) < 4.78 is 0. The molecular weight excluding hydrogens is 431 g/mol. The van der Waals surface area contributed by atoms with E-state index in [1.54, 1.807) is 4.90 Å². The van der Waals surface area contributed by atoms with E-state index in [1.807, 2.05) is 55.5 Å². The summed E-state index contributed by atoms with van der Waals surface area (Å²) in [5.74, 6) is -0.543. The average molecular weight is 461 g/mol. The number of hydrogen-bond donors (Lipinski definition) is 1. The molecule has 166 valence electrons. The van der Waals surface area contributed by atoms with E-state index in [4.69, 9.17) is 23.2 Å². The first kappa shape index (κ1) is 23.6. The van der Waals surface area contributed by atoms with Gasteiger partial charge in [0.2, 0.25) is 11.8 Å². The van der Waals surface area contributed by atoms with Gasteiger partial charge >= 0.3 is 0 Å². The normalized spacial score (nSPS) is 15.3. The highest BCUT2D eigenvalue weighted by atomic mass is 35.5. The van der Waals surface area contributed by atoms with Gasteiger partial charge in [-0.1, -0.05) is 67.3 Å². The summed E-state index contributed by atoms with van der Waals surface area (Å²) in [5, 5.41) is 3.88. The minimum absolute atomic E-state index is 0.129. The van der Waals surface area contributed by atoms with E-state index in [0.717, 1.165) is 42.4 Å². The van der Waals surface area contributed by atoms with Crippen LogP contribution >= 0.6 is 23.2 Å². The molecule has 0 radical (unpaired) electrons. The van der Waals surface area contributed by atoms with Crippen molar-refractivity contribution in [2.75, 3.05) is 12.4 Å². The van der Waals surface area contributed by atoms with Crippen LogP contribution in [0.1, 0.15) is 54.8 Å². The van der Waals surface area contributed by atoms with Crippen LogP contribution in [-0.4, -0.2) is 35.2 Å². The molecule has 2 aromatic carbocycles. The fourth-order valence-electron chi connectivity index (χ4n) is 4.25. The van der Waals surface area contributed by atoms with Crippen LogP contribution in [0.15, 0.2) is 48.5 Å². The Hall–Kier alpha value is -2.04. The molecule has 1 aliphatic carbocycles. The van der Waals surface area contributed by atoms with Crippen molar-refractivity contribution in [2.24, 2.45) is 0 Å². The van der Waals surface area contributed by atoms with Crippen molar-refractivity contribution in [3.63, 3.8) is 0 Å². The maximum Gasteiger partial charge on any atom is 0.247 e. The summed E-state index contributed by atoms with van der Waals surface area (Å²) in [6.07, 6.45) is 6.05. The first-order chi connectivity index (χ1) is 15.0. The third-order valence-electron chi connectivity index (χ3n) is 5.98. The Morgan fingerprint density at radius 3 is 2.39 bits per heavy atom. The van der Waals surface area contributed by atoms with Crippen molar-refractivity contribution in [1.29, 1.82) is 0 Å². The molecule has 0 aromatic heterocycles. The Morgan fingerprint density at radius 2 is 1.74 bits per heavy atom. The van der Waals surface area contributed by atoms with Gasteiger partial charge in [-0.2, -0.15) is 0 Å². The monoisotopic (exact) mass is 460 g/mol. The van der Waals surface area contributed by atoms with Gasteiger partial charge in [-0.25, -0.2) is 0 Å². The van der Waals surface area contributed by atoms with Crippen molar-refractivity contribution >= 4 is 35.0 Å². The lowest BCUT2D eigenvalue weighted by Gasteiger charge is -2.34. The minimum atomic E-state index is -0.707. The van der Waals surface area contributed by atoms with Crippen LogP contribution in [0, 0.1) is 6.92 Å². The molecule has 0 aliphatic heterocycles. The van der Waals surface area contributed by atoms with Gasteiger partial charge in [0.1, 0.15) is 11.9 Å². The van der Waals surface area contributed by atoms with E-state index >= 15 is 0 Å². The summed E-state index contributed by atoms with van der Waals surface area (Å²) in [5.41, 5.74) is 2.86. The summed E-state index contributed by atoms with van der Waals surface area (Å²) in [4.78, 5) is 28.0. The van der Waals surface area contributed by atoms with Crippen molar-refractivity contribution < 1.29 is 9.59 Å². The Labute approximate surface area is 194 Å². The summed E-state index contributed by atoms with van der Waals surface area (Å²) in [6, 6.07) is 14.8. The number of amides is 2. The molecule has 0 heterocycles. The van der Waals surface area contributed by atoms with E-state index in [0.29, 0.717) is 18.0 Å². The Bertz CT molecular complexity index is 879. The van der Waals surface area contributed by atoms with Crippen LogP contribution in [0.4, 0.5) is 0 Å². The lowest BCUT2D eigenvalue weighted by atomic mass is 9.94. The van der Waals surface area contributed by atoms with Gasteiger partial charge in [-0.05, 0) is 55.0 Å². The highest BCUT2D eigenvalue weighted by Crippen LogP contribution is 2.27. The van der Waals surface area contributed by atoms with Gasteiger partial charge in [0.15, 0.2) is 0 Å². The summed E-state index contributed by atoms with van der Waals surface area (Å²) >= 11 is 12.0. The molecule has 1 saturated carbocycles. The maximum atomic E-state index is 13.5. The number of carbonyl (C=O) groups excluding carboxylic acids is 2. The largest absolute Gasteiger partial charge is 0.351 e. The highest BCUT2D eigenvalue weighted by Gasteiger charge is 2.33. The lowest BCUT2D eigenvalue weighted by Crippen LogP contribution is -2.48. The smallest absolute Gasteiger partial charge is 0.247 e. The molecule has 6 heteroatoms. The molecule has 1 N–H and O–H groups in total. The van der Waals surface area contributed by atoms with Gasteiger partial charge < -0.3 is 10.2 Å². The van der Waals surface area contributed by atoms with E-state index in [-0.39, 0.29) is 23.7 Å². The van der Waals surface area contributed by atoms with Crippen molar-refractivity contribution in [1.82, 2.24) is 10.2 Å². The number of hydrogen-bond acceptors (Lipinski definition) is 2. The third kappa shape index (κ3) is 6.47. The van der Waals surface area contributed by atoms with E-state index in [2.05, 4.69) is 5.32 Å². The highest BCUT2D eigenvalue weighted by molar-refractivity contribution is 6.30. The standard InChI is InChI=1S/C25H30Cl2N2O2/c1-18-7-5-6-10-22(18)24(25(31)28-21-8-3-2-4-9-21)29(23(30)17-26)16-15-19-11-13-20(27)14-12-19/h5-7,10-14,21,24H,2-4,8-9,15-17H2,1H3,(H,28,31)/t24-/m0/s1. The zero-order valence-electron chi connectivity index (χ0n) is 17.9. The summed E-state index contributed by atoms with van der Waals surface area (Å²) in [6.45, 7) is 2.36. The average Bonchev–Trinajstić information content (AvgIpc) is 2.78. The fraction of sp³-hybridized carbons (Fsp3) is 0.440. The van der Waals surface area contributed by atoms with Crippen LogP contribution in [0.25, 0.3) is 0 Å². The fourth-order valence-corrected chi connectivity index (χ4v) is 4.53. The van der Waals surface area contributed by atoms with Crippen molar-refractivity contribution in [3.8, 4) is 0 Å². The Balaban J connectivity index is 1.88. The molecule has 4 nitrogen and oxygen atoms in total. The Kier molecular flexibility index (Phi) is 8.79. The van der Waals surface area contributed by atoms with E-state index in [9.17, 15) is 9.59 Å². The number of rotatable bonds is 8.